The number of para-hydroxylation sites is 1. The highest BCUT2D eigenvalue weighted by atomic mass is 16.3. The molecule has 0 bridgehead atoms. The summed E-state index contributed by atoms with van der Waals surface area (Å²) in [5.74, 6) is 0.868. The van der Waals surface area contributed by atoms with E-state index in [1.54, 1.807) is 0 Å². The molecule has 0 saturated heterocycles. The average Bonchev–Trinajstić information content (AvgIpc) is 3.83. The minimum atomic E-state index is 0.868. The van der Waals surface area contributed by atoms with Gasteiger partial charge < -0.3 is 9.32 Å². The van der Waals surface area contributed by atoms with E-state index >= 15 is 0 Å². The number of hydrogen-bond donors (Lipinski definition) is 0. The van der Waals surface area contributed by atoms with Gasteiger partial charge in [0.2, 0.25) is 0 Å². The van der Waals surface area contributed by atoms with E-state index in [1.807, 2.05) is 18.2 Å². The second-order valence-electron chi connectivity index (χ2n) is 16.1. The Morgan fingerprint density at radius 1 is 0.234 bits per heavy atom. The summed E-state index contributed by atoms with van der Waals surface area (Å²) < 4.78 is 6.24. The Bertz CT molecular complexity index is 3320. The summed E-state index contributed by atoms with van der Waals surface area (Å²) in [5, 5.41) is 1.10. The third-order valence-corrected chi connectivity index (χ3v) is 12.1. The van der Waals surface area contributed by atoms with Crippen LogP contribution in [-0.2, 0) is 0 Å². The summed E-state index contributed by atoms with van der Waals surface area (Å²) >= 11 is 0. The standard InChI is InChI=1S/C62H43NO/c1-3-16-45(17-4-1)55-23-8-9-24-56(55)47-32-38-53(39-33-47)63(52-36-30-44(31-37-52)49-21-15-22-50(42-49)62-43-51-20-7-14-29-61(51)64-62)54-40-34-48(35-41-54)58-26-11-13-28-60(58)59-27-12-10-25-57(59)46-18-5-2-6-19-46/h1-43H. The van der Waals surface area contributed by atoms with Crippen LogP contribution in [0, 0.1) is 0 Å². The van der Waals surface area contributed by atoms with Crippen molar-refractivity contribution < 1.29 is 4.42 Å². The molecule has 0 aliphatic heterocycles. The number of benzene rings is 10. The van der Waals surface area contributed by atoms with Crippen LogP contribution in [0.4, 0.5) is 17.1 Å². The van der Waals surface area contributed by atoms with E-state index in [0.29, 0.717) is 0 Å². The highest BCUT2D eigenvalue weighted by Gasteiger charge is 2.17. The molecule has 0 atom stereocenters. The molecule has 1 heterocycles. The summed E-state index contributed by atoms with van der Waals surface area (Å²) in [7, 11) is 0. The van der Waals surface area contributed by atoms with Crippen LogP contribution >= 0.6 is 0 Å². The van der Waals surface area contributed by atoms with Gasteiger partial charge in [0, 0.05) is 28.0 Å². The molecule has 0 N–H and O–H groups in total. The normalized spacial score (nSPS) is 11.1. The summed E-state index contributed by atoms with van der Waals surface area (Å²) in [6.07, 6.45) is 0. The molecule has 0 fully saturated rings. The number of furan rings is 1. The number of fused-ring (bicyclic) bond motifs is 1. The molecule has 0 aliphatic rings. The molecule has 0 radical (unpaired) electrons. The van der Waals surface area contributed by atoms with Crippen LogP contribution in [0.5, 0.6) is 0 Å². The van der Waals surface area contributed by atoms with Crippen molar-refractivity contribution in [3.05, 3.63) is 261 Å². The maximum Gasteiger partial charge on any atom is 0.135 e. The van der Waals surface area contributed by atoms with Gasteiger partial charge in [0.05, 0.1) is 0 Å². The van der Waals surface area contributed by atoms with E-state index in [0.717, 1.165) is 56.0 Å². The van der Waals surface area contributed by atoms with Gasteiger partial charge in [-0.15, -0.1) is 0 Å². The third-order valence-electron chi connectivity index (χ3n) is 12.1. The summed E-state index contributed by atoms with van der Waals surface area (Å²) in [5.41, 5.74) is 19.4. The van der Waals surface area contributed by atoms with E-state index in [1.165, 1.54) is 50.1 Å². The molecule has 11 rings (SSSR count). The fraction of sp³-hybridized carbons (Fsp3) is 0. The van der Waals surface area contributed by atoms with Gasteiger partial charge in [-0.1, -0.05) is 206 Å². The highest BCUT2D eigenvalue weighted by molar-refractivity contribution is 5.93. The smallest absolute Gasteiger partial charge is 0.135 e. The van der Waals surface area contributed by atoms with Crippen LogP contribution in [0.3, 0.4) is 0 Å². The number of anilines is 3. The molecule has 1 aromatic heterocycles. The second kappa shape index (κ2) is 17.1. The number of rotatable bonds is 10. The molecule has 0 amide bonds. The lowest BCUT2D eigenvalue weighted by Crippen LogP contribution is -2.09. The van der Waals surface area contributed by atoms with E-state index in [2.05, 4.69) is 248 Å². The van der Waals surface area contributed by atoms with Crippen LogP contribution in [0.25, 0.3) is 89.1 Å². The zero-order chi connectivity index (χ0) is 42.7. The van der Waals surface area contributed by atoms with Crippen molar-refractivity contribution in [1.29, 1.82) is 0 Å². The first-order chi connectivity index (χ1) is 31.7. The fourth-order valence-corrected chi connectivity index (χ4v) is 8.97. The molecular formula is C62H43NO. The molecule has 10 aromatic carbocycles. The number of nitrogens with zero attached hydrogens (tertiary/aromatic N) is 1. The molecule has 0 unspecified atom stereocenters. The lowest BCUT2D eigenvalue weighted by Gasteiger charge is -2.26. The van der Waals surface area contributed by atoms with Crippen molar-refractivity contribution in [2.75, 3.05) is 4.90 Å². The van der Waals surface area contributed by atoms with Gasteiger partial charge in [-0.25, -0.2) is 0 Å². The molecule has 64 heavy (non-hydrogen) atoms. The van der Waals surface area contributed by atoms with Crippen molar-refractivity contribution in [2.45, 2.75) is 0 Å². The molecule has 0 saturated carbocycles. The van der Waals surface area contributed by atoms with E-state index < -0.39 is 0 Å². The molecule has 2 nitrogen and oxygen atoms in total. The Morgan fingerprint density at radius 2 is 0.594 bits per heavy atom. The second-order valence-corrected chi connectivity index (χ2v) is 16.1. The van der Waals surface area contributed by atoms with Gasteiger partial charge in [-0.3, -0.25) is 0 Å². The molecule has 0 aliphatic carbocycles. The zero-order valence-corrected chi connectivity index (χ0v) is 35.2. The summed E-state index contributed by atoms with van der Waals surface area (Å²) in [6, 6.07) is 93.2. The minimum Gasteiger partial charge on any atom is -0.456 e. The molecule has 2 heteroatoms. The van der Waals surface area contributed by atoms with Crippen LogP contribution < -0.4 is 4.90 Å². The minimum absolute atomic E-state index is 0.868. The lowest BCUT2D eigenvalue weighted by atomic mass is 9.89. The van der Waals surface area contributed by atoms with Crippen LogP contribution in [0.1, 0.15) is 0 Å². The monoisotopic (exact) mass is 817 g/mol. The van der Waals surface area contributed by atoms with Crippen molar-refractivity contribution >= 4 is 28.0 Å². The predicted molar refractivity (Wildman–Crippen MR) is 269 cm³/mol. The van der Waals surface area contributed by atoms with Crippen molar-refractivity contribution in [3.63, 3.8) is 0 Å². The topological polar surface area (TPSA) is 16.4 Å². The van der Waals surface area contributed by atoms with Gasteiger partial charge in [0.1, 0.15) is 11.3 Å². The van der Waals surface area contributed by atoms with E-state index in [9.17, 15) is 0 Å². The largest absolute Gasteiger partial charge is 0.456 e. The summed E-state index contributed by atoms with van der Waals surface area (Å²) in [6.45, 7) is 0. The zero-order valence-electron chi connectivity index (χ0n) is 35.2. The predicted octanol–water partition coefficient (Wildman–Crippen LogP) is 17.6. The van der Waals surface area contributed by atoms with E-state index in [-0.39, 0.29) is 0 Å². The Hall–Kier alpha value is -8.46. The van der Waals surface area contributed by atoms with Crippen LogP contribution in [0.15, 0.2) is 265 Å². The van der Waals surface area contributed by atoms with Gasteiger partial charge in [0.25, 0.3) is 0 Å². The van der Waals surface area contributed by atoms with Crippen LogP contribution in [-0.4, -0.2) is 0 Å². The van der Waals surface area contributed by atoms with Crippen molar-refractivity contribution in [1.82, 2.24) is 0 Å². The maximum absolute atomic E-state index is 6.24. The third kappa shape index (κ3) is 7.59. The molecule has 0 spiro atoms. The molecule has 302 valence electrons. The Labute approximate surface area is 374 Å². The van der Waals surface area contributed by atoms with Gasteiger partial charge in [-0.05, 0) is 121 Å². The molecular weight excluding hydrogens is 775 g/mol. The van der Waals surface area contributed by atoms with Crippen LogP contribution in [0.2, 0.25) is 0 Å². The number of hydrogen-bond acceptors (Lipinski definition) is 2. The molecule has 11 aromatic rings. The fourth-order valence-electron chi connectivity index (χ4n) is 8.97. The lowest BCUT2D eigenvalue weighted by molar-refractivity contribution is 0.631. The first-order valence-corrected chi connectivity index (χ1v) is 21.8. The Balaban J connectivity index is 0.964. The SMILES string of the molecule is c1ccc(-c2ccccc2-c2ccc(N(c3ccc(-c4cccc(-c5cc6ccccc6o5)c4)cc3)c3ccc(-c4ccccc4-c4ccccc4-c4ccccc4)cc3)cc2)cc1. The van der Waals surface area contributed by atoms with Gasteiger partial charge >= 0.3 is 0 Å². The Morgan fingerprint density at radius 3 is 1.08 bits per heavy atom. The van der Waals surface area contributed by atoms with Gasteiger partial charge in [0.15, 0.2) is 0 Å². The quantitative estimate of drug-likeness (QED) is 0.137. The first kappa shape index (κ1) is 38.5. The Kier molecular flexibility index (Phi) is 10.3. The van der Waals surface area contributed by atoms with Crippen molar-refractivity contribution in [3.8, 4) is 78.1 Å². The summed E-state index contributed by atoms with van der Waals surface area (Å²) in [4.78, 5) is 2.35. The van der Waals surface area contributed by atoms with Gasteiger partial charge in [-0.2, -0.15) is 0 Å². The van der Waals surface area contributed by atoms with Crippen molar-refractivity contribution in [2.24, 2.45) is 0 Å². The first-order valence-electron chi connectivity index (χ1n) is 21.8. The van der Waals surface area contributed by atoms with E-state index in [4.69, 9.17) is 4.42 Å². The highest BCUT2D eigenvalue weighted by Crippen LogP contribution is 2.42. The maximum atomic E-state index is 6.24. The average molecular weight is 818 g/mol.